The molecule has 2 aromatic carbocycles. The van der Waals surface area contributed by atoms with E-state index < -0.39 is 24.2 Å². The quantitative estimate of drug-likeness (QED) is 0.216. The zero-order valence-corrected chi connectivity index (χ0v) is 31.6. The number of nitrogens with one attached hydrogen (secondary N) is 2. The van der Waals surface area contributed by atoms with Gasteiger partial charge in [0.2, 0.25) is 5.91 Å². The van der Waals surface area contributed by atoms with Gasteiger partial charge in [0.25, 0.3) is 5.91 Å². The van der Waals surface area contributed by atoms with E-state index in [1.165, 1.54) is 6.42 Å². The number of aliphatic hydroxyl groups is 2. The number of aryl methyl sites for hydroxylation is 1. The van der Waals surface area contributed by atoms with E-state index in [0.29, 0.717) is 34.8 Å². The van der Waals surface area contributed by atoms with Crippen molar-refractivity contribution in [1.29, 1.82) is 0 Å². The molecule has 52 heavy (non-hydrogen) atoms. The second-order valence-electron chi connectivity index (χ2n) is 15.7. The average Bonchev–Trinajstić information content (AvgIpc) is 3.50. The van der Waals surface area contributed by atoms with Crippen LogP contribution in [-0.2, 0) is 22.7 Å². The van der Waals surface area contributed by atoms with Gasteiger partial charge in [-0.2, -0.15) is 5.06 Å². The summed E-state index contributed by atoms with van der Waals surface area (Å²) in [6, 6.07) is 10.6. The molecule has 4 aliphatic rings. The molecule has 0 radical (unpaired) electrons. The summed E-state index contributed by atoms with van der Waals surface area (Å²) in [4.78, 5) is 44.5. The summed E-state index contributed by atoms with van der Waals surface area (Å²) in [7, 11) is 5.43. The van der Waals surface area contributed by atoms with Crippen molar-refractivity contribution >= 4 is 17.5 Å². The summed E-state index contributed by atoms with van der Waals surface area (Å²) < 4.78 is 6.04. The Labute approximate surface area is 306 Å². The molecular weight excluding hydrogens is 660 g/mol. The number of amides is 2. The van der Waals surface area contributed by atoms with Gasteiger partial charge in [0.05, 0.1) is 50.5 Å². The fourth-order valence-electron chi connectivity index (χ4n) is 8.77. The summed E-state index contributed by atoms with van der Waals surface area (Å²) in [6.07, 6.45) is 3.78. The average molecular weight is 715 g/mol. The molecule has 2 heterocycles. The number of carbonyl (C=O) groups excluding carboxylic acids is 2. The van der Waals surface area contributed by atoms with Crippen molar-refractivity contribution < 1.29 is 29.4 Å². The van der Waals surface area contributed by atoms with Crippen LogP contribution < -0.4 is 20.3 Å². The Balaban J connectivity index is 1.27. The number of hydrogen-bond acceptors (Lipinski definition) is 10. The molecule has 2 bridgehead atoms. The van der Waals surface area contributed by atoms with Crippen molar-refractivity contribution in [2.24, 2.45) is 29.1 Å². The van der Waals surface area contributed by atoms with Crippen LogP contribution in [0, 0.1) is 36.0 Å². The zero-order chi connectivity index (χ0) is 37.5. The maximum absolute atomic E-state index is 14.2. The molecule has 1 aliphatic heterocycles. The fraction of sp³-hybridized carbons (Fsp3) is 0.550. The Morgan fingerprint density at radius 3 is 2.54 bits per heavy atom. The predicted molar refractivity (Wildman–Crippen MR) is 198 cm³/mol. The highest BCUT2D eigenvalue weighted by atomic mass is 16.7. The zero-order valence-electron chi connectivity index (χ0n) is 31.6. The van der Waals surface area contributed by atoms with Gasteiger partial charge in [-0.15, -0.1) is 0 Å². The topological polar surface area (TPSA) is 149 Å². The Hall–Kier alpha value is -4.10. The number of methoxy groups -OCH3 is 1. The van der Waals surface area contributed by atoms with Crippen molar-refractivity contribution in [2.45, 2.75) is 84.8 Å². The van der Waals surface area contributed by atoms with Crippen molar-refractivity contribution in [3.8, 4) is 16.9 Å². The van der Waals surface area contributed by atoms with Crippen LogP contribution in [0.25, 0.3) is 11.1 Å². The Kier molecular flexibility index (Phi) is 10.9. The van der Waals surface area contributed by atoms with E-state index in [2.05, 4.69) is 41.4 Å². The van der Waals surface area contributed by atoms with Gasteiger partial charge in [-0.3, -0.25) is 24.4 Å². The number of aliphatic hydroxyl groups excluding tert-OH is 2. The molecular formula is C40H54N6O6. The largest absolute Gasteiger partial charge is 0.496 e. The van der Waals surface area contributed by atoms with Crippen LogP contribution in [0.3, 0.4) is 0 Å². The van der Waals surface area contributed by atoms with Gasteiger partial charge in [0.1, 0.15) is 17.9 Å². The molecule has 0 spiro atoms. The Morgan fingerprint density at radius 1 is 1.15 bits per heavy atom. The smallest absolute Gasteiger partial charge is 0.251 e. The standard InChI is InChI=1S/C40H54N6O6/c1-22-17-42-29(18-41-22)19-43-38(49)27-12-26(13-30(14-27)45(6)7)31-11-9-10-25(37(31)51-8)20-46-36(35(24(3)48)34(21-47)52-46)39(50)44-33-16-28-15-32(23(33)2)40(28,4)5/h9-14,17-18,23-24,28,32-36,47-48H,15-16,19-21H2,1-8H3,(H,43,49)(H,44,50)/t23-,24-,28+,32-,33-,34-,35-,36-/m0/s1. The van der Waals surface area contributed by atoms with Crippen LogP contribution in [0.4, 0.5) is 5.69 Å². The van der Waals surface area contributed by atoms with E-state index >= 15 is 0 Å². The number of anilines is 1. The summed E-state index contributed by atoms with van der Waals surface area (Å²) in [5, 5.41) is 29.1. The van der Waals surface area contributed by atoms with E-state index in [1.54, 1.807) is 31.5 Å². The number of rotatable bonds is 12. The molecule has 0 unspecified atom stereocenters. The molecule has 1 aromatic heterocycles. The van der Waals surface area contributed by atoms with Crippen LogP contribution in [0.5, 0.6) is 5.75 Å². The van der Waals surface area contributed by atoms with Crippen LogP contribution in [-0.4, -0.2) is 89.2 Å². The van der Waals surface area contributed by atoms with E-state index in [1.807, 2.05) is 62.3 Å². The highest BCUT2D eigenvalue weighted by Crippen LogP contribution is 2.61. The number of hydrogen-bond donors (Lipinski definition) is 4. The molecule has 2 amide bonds. The number of fused-ring (bicyclic) bond motifs is 2. The third-order valence-electron chi connectivity index (χ3n) is 12.0. The second-order valence-corrected chi connectivity index (χ2v) is 15.7. The second kappa shape index (κ2) is 15.1. The number of nitrogens with zero attached hydrogens (tertiary/aromatic N) is 4. The van der Waals surface area contributed by atoms with Crippen molar-refractivity contribution in [3.05, 3.63) is 71.3 Å². The van der Waals surface area contributed by atoms with E-state index in [0.717, 1.165) is 34.5 Å². The molecule has 4 fully saturated rings. The minimum absolute atomic E-state index is 0.0343. The molecule has 8 atom stereocenters. The summed E-state index contributed by atoms with van der Waals surface area (Å²) in [5.41, 5.74) is 5.30. The first-order chi connectivity index (χ1) is 24.7. The fourth-order valence-corrected chi connectivity index (χ4v) is 8.77. The van der Waals surface area contributed by atoms with Gasteiger partial charge in [-0.1, -0.05) is 39.0 Å². The minimum atomic E-state index is -0.904. The molecule has 12 nitrogen and oxygen atoms in total. The Bertz CT molecular complexity index is 1760. The van der Waals surface area contributed by atoms with Crippen molar-refractivity contribution in [2.75, 3.05) is 32.7 Å². The lowest BCUT2D eigenvalue weighted by Gasteiger charge is -2.62. The number of para-hydroxylation sites is 1. The first-order valence-corrected chi connectivity index (χ1v) is 18.3. The monoisotopic (exact) mass is 714 g/mol. The number of benzene rings is 2. The lowest BCUT2D eigenvalue weighted by atomic mass is 9.45. The van der Waals surface area contributed by atoms with Gasteiger partial charge >= 0.3 is 0 Å². The first kappa shape index (κ1) is 37.7. The highest BCUT2D eigenvalue weighted by molar-refractivity contribution is 5.97. The van der Waals surface area contributed by atoms with Crippen LogP contribution in [0.1, 0.15) is 67.8 Å². The third kappa shape index (κ3) is 7.26. The van der Waals surface area contributed by atoms with Gasteiger partial charge < -0.3 is 30.5 Å². The molecule has 3 aliphatic carbocycles. The lowest BCUT2D eigenvalue weighted by Crippen LogP contribution is -2.62. The molecule has 3 saturated carbocycles. The van der Waals surface area contributed by atoms with Crippen molar-refractivity contribution in [3.63, 3.8) is 0 Å². The van der Waals surface area contributed by atoms with Crippen LogP contribution >= 0.6 is 0 Å². The SMILES string of the molecule is COc1c(CN2O[C@@H](CO)[C@H]([C@H](C)O)[C@H]2C(=O)N[C@H]2C[C@H]3C[C@@H]([C@@H]2C)C3(C)C)cccc1-c1cc(C(=O)NCc2cnc(C)cn2)cc(N(C)C)c1. The van der Waals surface area contributed by atoms with E-state index in [-0.39, 0.29) is 43.0 Å². The van der Waals surface area contributed by atoms with Gasteiger partial charge in [0.15, 0.2) is 0 Å². The highest BCUT2D eigenvalue weighted by Gasteiger charge is 2.57. The third-order valence-corrected chi connectivity index (χ3v) is 12.0. The summed E-state index contributed by atoms with van der Waals surface area (Å²) in [6.45, 7) is 10.4. The van der Waals surface area contributed by atoms with Crippen molar-refractivity contribution in [1.82, 2.24) is 25.7 Å². The number of aromatic nitrogens is 2. The normalized spacial score (nSPS) is 27.0. The molecule has 4 N–H and O–H groups in total. The number of hydroxylamine groups is 2. The molecule has 3 aromatic rings. The van der Waals surface area contributed by atoms with E-state index in [4.69, 9.17) is 9.57 Å². The van der Waals surface area contributed by atoms with E-state index in [9.17, 15) is 19.8 Å². The molecule has 1 saturated heterocycles. The van der Waals surface area contributed by atoms with Gasteiger partial charge in [-0.05, 0) is 73.6 Å². The number of carbonyl (C=O) groups is 2. The van der Waals surface area contributed by atoms with Gasteiger partial charge in [0, 0.05) is 54.6 Å². The maximum atomic E-state index is 14.2. The Morgan fingerprint density at radius 2 is 1.92 bits per heavy atom. The molecule has 12 heteroatoms. The first-order valence-electron chi connectivity index (χ1n) is 18.3. The minimum Gasteiger partial charge on any atom is -0.496 e. The lowest BCUT2D eigenvalue weighted by molar-refractivity contribution is -0.183. The van der Waals surface area contributed by atoms with Crippen LogP contribution in [0.2, 0.25) is 0 Å². The summed E-state index contributed by atoms with van der Waals surface area (Å²) >= 11 is 0. The molecule has 280 valence electrons. The van der Waals surface area contributed by atoms with Gasteiger partial charge in [-0.25, -0.2) is 0 Å². The predicted octanol–water partition coefficient (Wildman–Crippen LogP) is 4.12. The van der Waals surface area contributed by atoms with Crippen LogP contribution in [0.15, 0.2) is 48.8 Å². The summed E-state index contributed by atoms with van der Waals surface area (Å²) in [5.74, 6) is 0.904. The number of ether oxygens (including phenoxy) is 1. The maximum Gasteiger partial charge on any atom is 0.251 e. The molecule has 7 rings (SSSR count).